The van der Waals surface area contributed by atoms with Crippen LogP contribution in [0.4, 0.5) is 14.5 Å². The van der Waals surface area contributed by atoms with E-state index in [0.29, 0.717) is 33.6 Å². The first-order valence-electron chi connectivity index (χ1n) is 8.76. The van der Waals surface area contributed by atoms with Crippen molar-refractivity contribution in [3.05, 3.63) is 70.2 Å². The van der Waals surface area contributed by atoms with Crippen molar-refractivity contribution in [2.45, 2.75) is 20.3 Å². The molecule has 1 amide bonds. The van der Waals surface area contributed by atoms with Gasteiger partial charge in [0.05, 0.1) is 5.69 Å². The molecule has 1 aliphatic heterocycles. The second-order valence-electron chi connectivity index (χ2n) is 6.92. The monoisotopic (exact) mass is 384 g/mol. The van der Waals surface area contributed by atoms with E-state index >= 15 is 0 Å². The van der Waals surface area contributed by atoms with E-state index in [2.05, 4.69) is 18.0 Å². The summed E-state index contributed by atoms with van der Waals surface area (Å²) in [6.07, 6.45) is 0.946. The molecule has 2 aromatic carbocycles. The number of para-hydroxylation sites is 1. The van der Waals surface area contributed by atoms with Gasteiger partial charge in [-0.25, -0.2) is 13.8 Å². The summed E-state index contributed by atoms with van der Waals surface area (Å²) in [6.45, 7) is 4.54. The van der Waals surface area contributed by atoms with Crippen molar-refractivity contribution in [1.29, 1.82) is 0 Å². The molecule has 0 spiro atoms. The first kappa shape index (κ1) is 17.8. The second kappa shape index (κ2) is 6.85. The minimum absolute atomic E-state index is 0.0992. The Kier molecular flexibility index (Phi) is 4.52. The van der Waals surface area contributed by atoms with Crippen molar-refractivity contribution in [3.8, 4) is 10.6 Å². The van der Waals surface area contributed by atoms with Gasteiger partial charge in [0.1, 0.15) is 9.88 Å². The van der Waals surface area contributed by atoms with Crippen LogP contribution in [0.25, 0.3) is 10.6 Å². The lowest BCUT2D eigenvalue weighted by molar-refractivity contribution is 0.0984. The van der Waals surface area contributed by atoms with Crippen LogP contribution in [-0.4, -0.2) is 17.4 Å². The molecule has 27 heavy (non-hydrogen) atoms. The van der Waals surface area contributed by atoms with Crippen LogP contribution in [0.2, 0.25) is 0 Å². The maximum atomic E-state index is 13.6. The molecule has 0 saturated carbocycles. The van der Waals surface area contributed by atoms with Crippen LogP contribution in [0, 0.1) is 24.5 Å². The summed E-state index contributed by atoms with van der Waals surface area (Å²) < 4.78 is 26.8. The lowest BCUT2D eigenvalue weighted by atomic mass is 9.94. The normalized spacial score (nSPS) is 16.3. The Labute approximate surface area is 160 Å². The minimum Gasteiger partial charge on any atom is -0.307 e. The second-order valence-corrected chi connectivity index (χ2v) is 7.92. The number of carbonyl (C=O) groups excluding carboxylic acids is 1. The number of halogens is 2. The highest BCUT2D eigenvalue weighted by molar-refractivity contribution is 7.17. The Morgan fingerprint density at radius 1 is 1.19 bits per heavy atom. The Morgan fingerprint density at radius 3 is 2.74 bits per heavy atom. The molecule has 1 atom stereocenters. The van der Waals surface area contributed by atoms with Gasteiger partial charge in [0.25, 0.3) is 5.91 Å². The van der Waals surface area contributed by atoms with Crippen LogP contribution in [-0.2, 0) is 6.42 Å². The van der Waals surface area contributed by atoms with Gasteiger partial charge in [-0.3, -0.25) is 4.79 Å². The quantitative estimate of drug-likeness (QED) is 0.606. The molecule has 138 valence electrons. The van der Waals surface area contributed by atoms with Gasteiger partial charge in [0.2, 0.25) is 0 Å². The zero-order valence-electron chi connectivity index (χ0n) is 15.0. The van der Waals surface area contributed by atoms with Gasteiger partial charge in [-0.15, -0.1) is 11.3 Å². The first-order valence-corrected chi connectivity index (χ1v) is 9.58. The zero-order valence-corrected chi connectivity index (χ0v) is 15.8. The molecule has 0 fully saturated rings. The maximum Gasteiger partial charge on any atom is 0.270 e. The molecule has 6 heteroatoms. The molecule has 3 aromatic rings. The number of benzene rings is 2. The molecule has 0 aliphatic carbocycles. The molecule has 0 radical (unpaired) electrons. The van der Waals surface area contributed by atoms with Crippen molar-refractivity contribution in [2.75, 3.05) is 11.4 Å². The first-order chi connectivity index (χ1) is 12.9. The SMILES string of the molecule is Cc1nc(-c2ccc(F)c(F)c2)sc1C(=O)N1CC(C)Cc2ccccc21. The van der Waals surface area contributed by atoms with Crippen molar-refractivity contribution in [3.63, 3.8) is 0 Å². The van der Waals surface area contributed by atoms with E-state index in [1.807, 2.05) is 18.2 Å². The fourth-order valence-electron chi connectivity index (χ4n) is 3.46. The van der Waals surface area contributed by atoms with Gasteiger partial charge in [0, 0.05) is 17.8 Å². The van der Waals surface area contributed by atoms with E-state index in [1.54, 1.807) is 11.8 Å². The van der Waals surface area contributed by atoms with E-state index in [1.165, 1.54) is 17.4 Å². The predicted molar refractivity (Wildman–Crippen MR) is 103 cm³/mol. The summed E-state index contributed by atoms with van der Waals surface area (Å²) in [5.74, 6) is -1.56. The highest BCUT2D eigenvalue weighted by Gasteiger charge is 2.29. The fourth-order valence-corrected chi connectivity index (χ4v) is 4.47. The van der Waals surface area contributed by atoms with Crippen LogP contribution >= 0.6 is 11.3 Å². The number of hydrogen-bond acceptors (Lipinski definition) is 3. The molecule has 2 heterocycles. The molecule has 0 N–H and O–H groups in total. The molecule has 3 nitrogen and oxygen atoms in total. The summed E-state index contributed by atoms with van der Waals surface area (Å²) in [4.78, 5) is 20.0. The molecular weight excluding hydrogens is 366 g/mol. The smallest absolute Gasteiger partial charge is 0.270 e. The summed E-state index contributed by atoms with van der Waals surface area (Å²) in [5, 5.41) is 0.507. The zero-order chi connectivity index (χ0) is 19.1. The average molecular weight is 384 g/mol. The number of thiazole rings is 1. The molecule has 1 aliphatic rings. The molecule has 0 bridgehead atoms. The van der Waals surface area contributed by atoms with Crippen molar-refractivity contribution in [2.24, 2.45) is 5.92 Å². The number of carbonyl (C=O) groups is 1. The van der Waals surface area contributed by atoms with E-state index in [-0.39, 0.29) is 5.91 Å². The van der Waals surface area contributed by atoms with E-state index in [0.717, 1.165) is 29.8 Å². The minimum atomic E-state index is -0.924. The topological polar surface area (TPSA) is 33.2 Å². The summed E-state index contributed by atoms with van der Waals surface area (Å²) in [5.41, 5.74) is 3.16. The van der Waals surface area contributed by atoms with Crippen LogP contribution in [0.15, 0.2) is 42.5 Å². The van der Waals surface area contributed by atoms with Crippen LogP contribution in [0.3, 0.4) is 0 Å². The lowest BCUT2D eigenvalue weighted by Crippen LogP contribution is -2.39. The number of aromatic nitrogens is 1. The van der Waals surface area contributed by atoms with Gasteiger partial charge in [-0.05, 0) is 49.1 Å². The van der Waals surface area contributed by atoms with E-state index in [9.17, 15) is 13.6 Å². The Morgan fingerprint density at radius 2 is 1.96 bits per heavy atom. The van der Waals surface area contributed by atoms with Gasteiger partial charge >= 0.3 is 0 Å². The molecule has 1 aromatic heterocycles. The van der Waals surface area contributed by atoms with E-state index in [4.69, 9.17) is 0 Å². The predicted octanol–water partition coefficient (Wildman–Crippen LogP) is 5.24. The highest BCUT2D eigenvalue weighted by Crippen LogP contribution is 2.34. The number of anilines is 1. The number of nitrogens with zero attached hydrogens (tertiary/aromatic N) is 2. The molecular formula is C21H18F2N2OS. The number of amides is 1. The highest BCUT2D eigenvalue weighted by atomic mass is 32.1. The average Bonchev–Trinajstić information content (AvgIpc) is 3.04. The van der Waals surface area contributed by atoms with Gasteiger partial charge in [-0.2, -0.15) is 0 Å². The molecule has 4 rings (SSSR count). The Balaban J connectivity index is 1.71. The van der Waals surface area contributed by atoms with Crippen molar-refractivity contribution < 1.29 is 13.6 Å². The molecule has 0 saturated heterocycles. The lowest BCUT2D eigenvalue weighted by Gasteiger charge is -2.33. The van der Waals surface area contributed by atoms with Crippen molar-refractivity contribution in [1.82, 2.24) is 4.98 Å². The Hall–Kier alpha value is -2.60. The van der Waals surface area contributed by atoms with Gasteiger partial charge < -0.3 is 4.90 Å². The number of rotatable bonds is 2. The molecule has 1 unspecified atom stereocenters. The van der Waals surface area contributed by atoms with Crippen molar-refractivity contribution >= 4 is 22.9 Å². The van der Waals surface area contributed by atoms with Crippen LogP contribution in [0.5, 0.6) is 0 Å². The third kappa shape index (κ3) is 3.25. The largest absolute Gasteiger partial charge is 0.307 e. The fraction of sp³-hybridized carbons (Fsp3) is 0.238. The third-order valence-corrected chi connectivity index (χ3v) is 5.94. The number of aryl methyl sites for hydroxylation is 1. The summed E-state index contributed by atoms with van der Waals surface area (Å²) >= 11 is 1.21. The Bertz CT molecular complexity index is 1030. The standard InChI is InChI=1S/C21H18F2N2OS/c1-12-9-14-5-3-4-6-18(14)25(11-12)21(26)19-13(2)24-20(27-19)15-7-8-16(22)17(23)10-15/h3-8,10,12H,9,11H2,1-2H3. The number of hydrogen-bond donors (Lipinski definition) is 0. The third-order valence-electron chi connectivity index (χ3n) is 4.75. The number of fused-ring (bicyclic) bond motifs is 1. The summed E-state index contributed by atoms with van der Waals surface area (Å²) in [7, 11) is 0. The van der Waals surface area contributed by atoms with Gasteiger partial charge in [0.15, 0.2) is 11.6 Å². The van der Waals surface area contributed by atoms with Crippen LogP contribution in [0.1, 0.15) is 27.9 Å². The van der Waals surface area contributed by atoms with Gasteiger partial charge in [-0.1, -0.05) is 25.1 Å². The van der Waals surface area contributed by atoms with E-state index < -0.39 is 11.6 Å². The van der Waals surface area contributed by atoms with Crippen LogP contribution < -0.4 is 4.90 Å². The maximum absolute atomic E-state index is 13.6. The summed E-state index contributed by atoms with van der Waals surface area (Å²) in [6, 6.07) is 11.6.